The van der Waals surface area contributed by atoms with Crippen LogP contribution >= 0.6 is 11.6 Å². The van der Waals surface area contributed by atoms with Crippen LogP contribution in [0.4, 0.5) is 18.9 Å². The van der Waals surface area contributed by atoms with Crippen molar-refractivity contribution >= 4 is 17.3 Å². The maximum Gasteiger partial charge on any atom is 0.389 e. The average Bonchev–Trinajstić information content (AvgIpc) is 2.19. The molecule has 0 spiro atoms. The first-order valence-corrected chi connectivity index (χ1v) is 5.29. The first-order chi connectivity index (χ1) is 7.83. The molecule has 1 aromatic carbocycles. The summed E-state index contributed by atoms with van der Waals surface area (Å²) in [7, 11) is 0. The lowest BCUT2D eigenvalue weighted by Gasteiger charge is -2.19. The highest BCUT2D eigenvalue weighted by atomic mass is 35.5. The third kappa shape index (κ3) is 4.41. The molecule has 0 radical (unpaired) electrons. The lowest BCUT2D eigenvalue weighted by molar-refractivity contribution is -0.136. The quantitative estimate of drug-likeness (QED) is 0.446. The van der Waals surface area contributed by atoms with Gasteiger partial charge in [0.05, 0.1) is 0 Å². The SMILES string of the molecule is NNC(CCC(F)(F)F)c1ccc(Cl)cc1N. The van der Waals surface area contributed by atoms with Gasteiger partial charge in [0.2, 0.25) is 0 Å². The highest BCUT2D eigenvalue weighted by Gasteiger charge is 2.28. The molecule has 1 aromatic rings. The first kappa shape index (κ1) is 14.1. The van der Waals surface area contributed by atoms with Gasteiger partial charge in [0.1, 0.15) is 0 Å². The van der Waals surface area contributed by atoms with Crippen LogP contribution in [0.1, 0.15) is 24.4 Å². The summed E-state index contributed by atoms with van der Waals surface area (Å²) in [5.74, 6) is 5.24. The van der Waals surface area contributed by atoms with E-state index in [9.17, 15) is 13.2 Å². The van der Waals surface area contributed by atoms with Gasteiger partial charge in [-0.2, -0.15) is 13.2 Å². The van der Waals surface area contributed by atoms with Gasteiger partial charge in [0.15, 0.2) is 0 Å². The third-order valence-corrected chi connectivity index (χ3v) is 2.58. The number of halogens is 4. The van der Waals surface area contributed by atoms with Gasteiger partial charge in [0.25, 0.3) is 0 Å². The molecule has 1 rings (SSSR count). The second-order valence-corrected chi connectivity index (χ2v) is 4.08. The van der Waals surface area contributed by atoms with Crippen molar-refractivity contribution in [3.8, 4) is 0 Å². The molecular weight excluding hydrogens is 255 g/mol. The summed E-state index contributed by atoms with van der Waals surface area (Å²) in [4.78, 5) is 0. The normalized spacial score (nSPS) is 13.7. The molecule has 1 atom stereocenters. The fourth-order valence-corrected chi connectivity index (χ4v) is 1.68. The molecule has 0 saturated carbocycles. The van der Waals surface area contributed by atoms with E-state index in [0.717, 1.165) is 0 Å². The van der Waals surface area contributed by atoms with Gasteiger partial charge in [0, 0.05) is 23.2 Å². The van der Waals surface area contributed by atoms with Crippen molar-refractivity contribution in [1.29, 1.82) is 0 Å². The van der Waals surface area contributed by atoms with Crippen LogP contribution in [0.5, 0.6) is 0 Å². The third-order valence-electron chi connectivity index (χ3n) is 2.34. The van der Waals surface area contributed by atoms with Crippen LogP contribution in [0.15, 0.2) is 18.2 Å². The molecule has 0 aliphatic rings. The predicted molar refractivity (Wildman–Crippen MR) is 61.2 cm³/mol. The van der Waals surface area contributed by atoms with Gasteiger partial charge >= 0.3 is 6.18 Å². The smallest absolute Gasteiger partial charge is 0.389 e. The number of alkyl halides is 3. The molecule has 0 saturated heterocycles. The number of nitrogens with one attached hydrogen (secondary N) is 1. The number of nitrogen functional groups attached to an aromatic ring is 1. The van der Waals surface area contributed by atoms with Crippen molar-refractivity contribution < 1.29 is 13.2 Å². The second-order valence-electron chi connectivity index (χ2n) is 3.65. The van der Waals surface area contributed by atoms with Crippen LogP contribution in [0.3, 0.4) is 0 Å². The molecule has 0 heterocycles. The molecule has 96 valence electrons. The van der Waals surface area contributed by atoms with Crippen LogP contribution in [0, 0.1) is 0 Å². The van der Waals surface area contributed by atoms with E-state index in [1.54, 1.807) is 12.1 Å². The Morgan fingerprint density at radius 3 is 2.47 bits per heavy atom. The lowest BCUT2D eigenvalue weighted by Crippen LogP contribution is -2.29. The van der Waals surface area contributed by atoms with Gasteiger partial charge in [-0.25, -0.2) is 0 Å². The van der Waals surface area contributed by atoms with Gasteiger partial charge in [-0.3, -0.25) is 11.3 Å². The molecular formula is C10H13ClF3N3. The molecule has 7 heteroatoms. The number of benzene rings is 1. The number of hydrogen-bond donors (Lipinski definition) is 3. The summed E-state index contributed by atoms with van der Waals surface area (Å²) in [5, 5.41) is 0.429. The lowest BCUT2D eigenvalue weighted by atomic mass is 10.0. The van der Waals surface area contributed by atoms with Gasteiger partial charge < -0.3 is 5.73 Å². The number of rotatable bonds is 4. The molecule has 5 N–H and O–H groups in total. The summed E-state index contributed by atoms with van der Waals surface area (Å²) >= 11 is 5.70. The van der Waals surface area contributed by atoms with Crippen molar-refractivity contribution in [2.75, 3.05) is 5.73 Å². The summed E-state index contributed by atoms with van der Waals surface area (Å²) < 4.78 is 36.3. The van der Waals surface area contributed by atoms with E-state index in [1.165, 1.54) is 6.07 Å². The molecule has 0 aliphatic carbocycles. The molecule has 0 aliphatic heterocycles. The Balaban J connectivity index is 2.79. The second kappa shape index (κ2) is 5.57. The first-order valence-electron chi connectivity index (χ1n) is 4.91. The Labute approximate surface area is 102 Å². The minimum absolute atomic E-state index is 0.175. The van der Waals surface area contributed by atoms with E-state index in [-0.39, 0.29) is 6.42 Å². The van der Waals surface area contributed by atoms with Gasteiger partial charge in [-0.15, -0.1) is 0 Å². The fraction of sp³-hybridized carbons (Fsp3) is 0.400. The Morgan fingerprint density at radius 1 is 1.35 bits per heavy atom. The zero-order valence-corrected chi connectivity index (χ0v) is 9.65. The van der Waals surface area contributed by atoms with Crippen molar-refractivity contribution in [2.24, 2.45) is 5.84 Å². The van der Waals surface area contributed by atoms with E-state index in [1.807, 2.05) is 0 Å². The minimum atomic E-state index is -4.21. The Kier molecular flexibility index (Phi) is 4.62. The Morgan fingerprint density at radius 2 is 2.00 bits per heavy atom. The molecule has 0 bridgehead atoms. The van der Waals surface area contributed by atoms with E-state index in [2.05, 4.69) is 5.43 Å². The molecule has 0 amide bonds. The maximum absolute atomic E-state index is 12.1. The summed E-state index contributed by atoms with van der Waals surface area (Å²) in [5.41, 5.74) is 8.84. The van der Waals surface area contributed by atoms with Crippen LogP contribution in [-0.2, 0) is 0 Å². The highest BCUT2D eigenvalue weighted by Crippen LogP contribution is 2.30. The molecule has 0 fully saturated rings. The summed E-state index contributed by atoms with van der Waals surface area (Å²) in [6.07, 6.45) is -5.31. The largest absolute Gasteiger partial charge is 0.398 e. The van der Waals surface area contributed by atoms with Crippen LogP contribution in [0.2, 0.25) is 5.02 Å². The monoisotopic (exact) mass is 267 g/mol. The van der Waals surface area contributed by atoms with E-state index in [0.29, 0.717) is 16.3 Å². The minimum Gasteiger partial charge on any atom is -0.398 e. The number of hydrogen-bond acceptors (Lipinski definition) is 3. The van der Waals surface area contributed by atoms with E-state index < -0.39 is 18.6 Å². The maximum atomic E-state index is 12.1. The van der Waals surface area contributed by atoms with Crippen LogP contribution in [0.25, 0.3) is 0 Å². The van der Waals surface area contributed by atoms with Crippen LogP contribution < -0.4 is 17.0 Å². The van der Waals surface area contributed by atoms with E-state index in [4.69, 9.17) is 23.2 Å². The number of anilines is 1. The Bertz CT molecular complexity index is 382. The topological polar surface area (TPSA) is 64.1 Å². The van der Waals surface area contributed by atoms with Crippen molar-refractivity contribution in [3.63, 3.8) is 0 Å². The molecule has 17 heavy (non-hydrogen) atoms. The van der Waals surface area contributed by atoms with Crippen molar-refractivity contribution in [3.05, 3.63) is 28.8 Å². The fourth-order valence-electron chi connectivity index (χ4n) is 1.50. The summed E-state index contributed by atoms with van der Waals surface area (Å²) in [6, 6.07) is 3.97. The average molecular weight is 268 g/mol. The zero-order valence-electron chi connectivity index (χ0n) is 8.89. The number of nitrogens with two attached hydrogens (primary N) is 2. The van der Waals surface area contributed by atoms with Crippen molar-refractivity contribution in [2.45, 2.75) is 25.1 Å². The number of hydrazine groups is 1. The Hall–Kier alpha value is -0.980. The predicted octanol–water partition coefficient (Wildman–Crippen LogP) is 2.77. The van der Waals surface area contributed by atoms with Crippen LogP contribution in [-0.4, -0.2) is 6.18 Å². The molecule has 1 unspecified atom stereocenters. The van der Waals surface area contributed by atoms with E-state index >= 15 is 0 Å². The zero-order chi connectivity index (χ0) is 13.1. The molecule has 0 aromatic heterocycles. The van der Waals surface area contributed by atoms with Crippen molar-refractivity contribution in [1.82, 2.24) is 5.43 Å². The van der Waals surface area contributed by atoms with Gasteiger partial charge in [-0.05, 0) is 24.1 Å². The summed E-state index contributed by atoms with van der Waals surface area (Å²) in [6.45, 7) is 0. The standard InChI is InChI=1S/C10H13ClF3N3/c11-6-1-2-7(8(15)5-6)9(17-16)3-4-10(12,13)14/h1-2,5,9,17H,3-4,15-16H2. The highest BCUT2D eigenvalue weighted by molar-refractivity contribution is 6.30. The van der Waals surface area contributed by atoms with Gasteiger partial charge in [-0.1, -0.05) is 17.7 Å². The molecule has 3 nitrogen and oxygen atoms in total.